The molecule has 0 bridgehead atoms. The zero-order valence-electron chi connectivity index (χ0n) is 23.1. The zero-order chi connectivity index (χ0) is 27.4. The molecule has 37 heavy (non-hydrogen) atoms. The molecule has 0 saturated heterocycles. The van der Waals surface area contributed by atoms with Crippen LogP contribution in [0.4, 0.5) is 0 Å². The van der Waals surface area contributed by atoms with E-state index in [4.69, 9.17) is 4.74 Å². The molecule has 2 aromatic carbocycles. The van der Waals surface area contributed by atoms with E-state index in [1.165, 1.54) is 0 Å². The second-order valence-corrected chi connectivity index (χ2v) is 10.4. The topological polar surface area (TPSA) is 66.9 Å². The van der Waals surface area contributed by atoms with Gasteiger partial charge in [-0.05, 0) is 66.5 Å². The largest absolute Gasteiger partial charge is 0.405 e. The highest BCUT2D eigenvalue weighted by molar-refractivity contribution is 6.38. The lowest BCUT2D eigenvalue weighted by Gasteiger charge is -2.38. The van der Waals surface area contributed by atoms with Crippen LogP contribution in [-0.2, 0) is 19.1 Å². The number of benzene rings is 2. The van der Waals surface area contributed by atoms with Crippen molar-refractivity contribution in [2.45, 2.75) is 79.6 Å². The number of Topliss-reactive ketones (excluding diaryl/α,β-unsaturated/α-hetero) is 1. The third kappa shape index (κ3) is 5.68. The molecule has 0 aromatic heterocycles. The second kappa shape index (κ2) is 11.6. The van der Waals surface area contributed by atoms with Crippen molar-refractivity contribution in [3.05, 3.63) is 88.8 Å². The maximum Gasteiger partial charge on any atom is 0.349 e. The molecule has 0 aliphatic carbocycles. The van der Waals surface area contributed by atoms with Crippen molar-refractivity contribution in [3.63, 3.8) is 0 Å². The van der Waals surface area contributed by atoms with E-state index in [9.17, 15) is 14.4 Å². The van der Waals surface area contributed by atoms with Gasteiger partial charge in [-0.1, -0.05) is 60.7 Å². The maximum absolute atomic E-state index is 14.4. The molecule has 0 radical (unpaired) electrons. The summed E-state index contributed by atoms with van der Waals surface area (Å²) in [6.45, 7) is 15.4. The Balaban J connectivity index is 2.40. The van der Waals surface area contributed by atoms with E-state index >= 15 is 0 Å². The van der Waals surface area contributed by atoms with E-state index in [1.807, 2.05) is 121 Å². The minimum Gasteiger partial charge on any atom is -0.405 e. The predicted molar refractivity (Wildman–Crippen MR) is 146 cm³/mol. The summed E-state index contributed by atoms with van der Waals surface area (Å²) >= 11 is 0. The highest BCUT2D eigenvalue weighted by Gasteiger charge is 2.44. The lowest BCUT2D eigenvalue weighted by atomic mass is 9.87. The molecular weight excluding hydrogens is 464 g/mol. The van der Waals surface area contributed by atoms with Crippen LogP contribution >= 0.6 is 0 Å². The van der Waals surface area contributed by atoms with Crippen LogP contribution < -0.4 is 0 Å². The van der Waals surface area contributed by atoms with Gasteiger partial charge >= 0.3 is 5.97 Å². The number of carbonyl (C=O) groups is 3. The third-order valence-corrected chi connectivity index (χ3v) is 6.34. The first kappa shape index (κ1) is 27.9. The molecule has 0 saturated carbocycles. The molecule has 0 atom stereocenters. The van der Waals surface area contributed by atoms with Crippen LogP contribution in [0.15, 0.2) is 77.7 Å². The fourth-order valence-electron chi connectivity index (χ4n) is 5.02. The fourth-order valence-corrected chi connectivity index (χ4v) is 5.02. The summed E-state index contributed by atoms with van der Waals surface area (Å²) in [6.07, 6.45) is 0. The van der Waals surface area contributed by atoms with Gasteiger partial charge in [0.2, 0.25) is 11.7 Å². The summed E-state index contributed by atoms with van der Waals surface area (Å²) < 4.78 is 5.96. The maximum atomic E-state index is 14.4. The summed E-state index contributed by atoms with van der Waals surface area (Å²) in [5.41, 5.74) is 1.59. The van der Waals surface area contributed by atoms with Crippen LogP contribution in [0, 0.1) is 0 Å². The third-order valence-electron chi connectivity index (χ3n) is 6.34. The van der Waals surface area contributed by atoms with Crippen molar-refractivity contribution in [2.75, 3.05) is 0 Å². The number of carbonyl (C=O) groups excluding carboxylic acids is 3. The molecule has 2 aromatic rings. The molecule has 0 fully saturated rings. The van der Waals surface area contributed by atoms with Gasteiger partial charge < -0.3 is 14.5 Å². The van der Waals surface area contributed by atoms with E-state index in [-0.39, 0.29) is 41.2 Å². The standard InChI is InChI=1S/C31H38N2O4/c1-19(2)32(20(3)4)29(35)27-28(34)26(31(36)37-30(27)33(21(5)6)22(7)8)25(23-15-11-9-12-16-23)24-17-13-10-14-18-24/h9-22H,1-8H3. The Bertz CT molecular complexity index is 1150. The van der Waals surface area contributed by atoms with Crippen LogP contribution in [0.1, 0.15) is 66.5 Å². The highest BCUT2D eigenvalue weighted by atomic mass is 16.6. The smallest absolute Gasteiger partial charge is 0.349 e. The Morgan fingerprint density at radius 3 is 1.49 bits per heavy atom. The molecule has 6 nitrogen and oxygen atoms in total. The Kier molecular flexibility index (Phi) is 8.74. The number of hydrogen-bond acceptors (Lipinski definition) is 5. The van der Waals surface area contributed by atoms with Gasteiger partial charge in [0.1, 0.15) is 11.1 Å². The van der Waals surface area contributed by atoms with E-state index < -0.39 is 17.7 Å². The Morgan fingerprint density at radius 1 is 0.676 bits per heavy atom. The summed E-state index contributed by atoms with van der Waals surface area (Å²) in [5, 5.41) is 0. The van der Waals surface area contributed by atoms with Crippen molar-refractivity contribution < 1.29 is 19.1 Å². The molecule has 1 heterocycles. The first-order chi connectivity index (χ1) is 17.5. The number of ketones is 1. The number of esters is 1. The summed E-state index contributed by atoms with van der Waals surface area (Å²) in [7, 11) is 0. The number of ether oxygens (including phenoxy) is 1. The van der Waals surface area contributed by atoms with Crippen LogP contribution in [0.25, 0.3) is 5.57 Å². The van der Waals surface area contributed by atoms with Gasteiger partial charge in [-0.15, -0.1) is 0 Å². The number of nitrogens with zero attached hydrogens (tertiary/aromatic N) is 2. The molecule has 0 N–H and O–H groups in total. The quantitative estimate of drug-likeness (QED) is 0.267. The SMILES string of the molecule is CC(C)N(C(=O)C1=C(N(C(C)C)C(C)C)OC(=O)C(=C(c2ccccc2)c2ccccc2)C1=O)C(C)C. The summed E-state index contributed by atoms with van der Waals surface area (Å²) in [6, 6.07) is 18.0. The number of hydrogen-bond donors (Lipinski definition) is 0. The molecule has 0 unspecified atom stereocenters. The van der Waals surface area contributed by atoms with Crippen LogP contribution in [0.2, 0.25) is 0 Å². The molecule has 3 rings (SSSR count). The zero-order valence-corrected chi connectivity index (χ0v) is 23.1. The molecule has 0 spiro atoms. The van der Waals surface area contributed by atoms with Crippen molar-refractivity contribution in [1.29, 1.82) is 0 Å². The molecule has 196 valence electrons. The summed E-state index contributed by atoms with van der Waals surface area (Å²) in [5.74, 6) is -1.79. The Labute approximate surface area is 220 Å². The van der Waals surface area contributed by atoms with Crippen molar-refractivity contribution in [2.24, 2.45) is 0 Å². The van der Waals surface area contributed by atoms with E-state index in [0.717, 1.165) is 0 Å². The lowest BCUT2D eigenvalue weighted by molar-refractivity contribution is -0.143. The monoisotopic (exact) mass is 502 g/mol. The van der Waals surface area contributed by atoms with E-state index in [0.29, 0.717) is 16.7 Å². The van der Waals surface area contributed by atoms with Gasteiger partial charge in [0.25, 0.3) is 5.91 Å². The van der Waals surface area contributed by atoms with Gasteiger partial charge in [-0.25, -0.2) is 4.79 Å². The van der Waals surface area contributed by atoms with Crippen molar-refractivity contribution in [1.82, 2.24) is 9.80 Å². The van der Waals surface area contributed by atoms with Crippen LogP contribution in [0.3, 0.4) is 0 Å². The first-order valence-electron chi connectivity index (χ1n) is 12.9. The fraction of sp³-hybridized carbons (Fsp3) is 0.387. The van der Waals surface area contributed by atoms with E-state index in [1.54, 1.807) is 4.90 Å². The van der Waals surface area contributed by atoms with Crippen molar-refractivity contribution >= 4 is 23.2 Å². The number of amides is 1. The van der Waals surface area contributed by atoms with Gasteiger partial charge in [0.05, 0.1) is 0 Å². The van der Waals surface area contributed by atoms with Crippen molar-refractivity contribution in [3.8, 4) is 0 Å². The molecule has 1 aliphatic heterocycles. The normalized spacial score (nSPS) is 14.1. The first-order valence-corrected chi connectivity index (χ1v) is 12.9. The number of rotatable bonds is 8. The highest BCUT2D eigenvalue weighted by Crippen LogP contribution is 2.36. The van der Waals surface area contributed by atoms with Gasteiger partial charge in [-0.2, -0.15) is 0 Å². The Morgan fingerprint density at radius 2 is 1.11 bits per heavy atom. The lowest BCUT2D eigenvalue weighted by Crippen LogP contribution is -2.49. The summed E-state index contributed by atoms with van der Waals surface area (Å²) in [4.78, 5) is 45.6. The molecule has 6 heteroatoms. The predicted octanol–water partition coefficient (Wildman–Crippen LogP) is 5.59. The minimum atomic E-state index is -0.758. The molecule has 1 aliphatic rings. The van der Waals surface area contributed by atoms with Gasteiger partial charge in [0.15, 0.2) is 0 Å². The average Bonchev–Trinajstić information content (AvgIpc) is 2.81. The van der Waals surface area contributed by atoms with Crippen LogP contribution in [0.5, 0.6) is 0 Å². The van der Waals surface area contributed by atoms with Gasteiger partial charge in [-0.3, -0.25) is 9.59 Å². The number of cyclic esters (lactones) is 1. The average molecular weight is 503 g/mol. The molecule has 1 amide bonds. The Hall–Kier alpha value is -3.67. The molecular formula is C31H38N2O4. The van der Waals surface area contributed by atoms with Gasteiger partial charge in [0, 0.05) is 29.7 Å². The minimum absolute atomic E-state index is 0.0283. The van der Waals surface area contributed by atoms with E-state index in [2.05, 4.69) is 0 Å². The van der Waals surface area contributed by atoms with Crippen LogP contribution in [-0.4, -0.2) is 51.6 Å². The second-order valence-electron chi connectivity index (χ2n) is 10.4.